The van der Waals surface area contributed by atoms with Crippen molar-refractivity contribution in [2.75, 3.05) is 16.3 Å². The topological polar surface area (TPSA) is 101 Å². The average Bonchev–Trinajstić information content (AvgIpc) is 2.19. The lowest BCUT2D eigenvalue weighted by atomic mass is 10.2. The van der Waals surface area contributed by atoms with E-state index in [1.165, 1.54) is 0 Å². The van der Waals surface area contributed by atoms with Gasteiger partial charge in [0.15, 0.2) is 0 Å². The fourth-order valence-electron chi connectivity index (χ4n) is 1.51. The van der Waals surface area contributed by atoms with Crippen molar-refractivity contribution in [3.8, 4) is 0 Å². The first-order chi connectivity index (χ1) is 8.67. The molecule has 1 amide bonds. The molecule has 0 spiro atoms. The smallest absolute Gasteiger partial charge is 0.229 e. The molecule has 0 aromatic heterocycles. The Balaban J connectivity index is 0.00000361. The van der Waals surface area contributed by atoms with E-state index in [1.807, 2.05) is 0 Å². The molecule has 1 aromatic rings. The fraction of sp³-hybridized carbons (Fsp3) is 0.417. The summed E-state index contributed by atoms with van der Waals surface area (Å²) in [6.45, 7) is 3.52. The van der Waals surface area contributed by atoms with E-state index in [2.05, 4.69) is 10.0 Å². The van der Waals surface area contributed by atoms with Crippen LogP contribution in [-0.4, -0.2) is 26.6 Å². The van der Waals surface area contributed by atoms with E-state index < -0.39 is 10.0 Å². The summed E-state index contributed by atoms with van der Waals surface area (Å²) in [7, 11) is -3.35. The molecule has 6 nitrogen and oxygen atoms in total. The van der Waals surface area contributed by atoms with E-state index in [-0.39, 0.29) is 30.8 Å². The van der Waals surface area contributed by atoms with Gasteiger partial charge in [0.05, 0.1) is 11.9 Å². The van der Waals surface area contributed by atoms with Crippen LogP contribution in [0.1, 0.15) is 18.9 Å². The molecule has 1 aromatic carbocycles. The molecule has 0 bridgehead atoms. The van der Waals surface area contributed by atoms with Crippen molar-refractivity contribution in [3.63, 3.8) is 0 Å². The Morgan fingerprint density at radius 1 is 1.40 bits per heavy atom. The van der Waals surface area contributed by atoms with Gasteiger partial charge in [0, 0.05) is 18.2 Å². The Morgan fingerprint density at radius 2 is 2.00 bits per heavy atom. The zero-order valence-electron chi connectivity index (χ0n) is 11.6. The number of benzene rings is 1. The third kappa shape index (κ3) is 6.74. The predicted octanol–water partition coefficient (Wildman–Crippen LogP) is 1.46. The normalized spacial score (nSPS) is 12.2. The molecule has 0 radical (unpaired) electrons. The predicted molar refractivity (Wildman–Crippen MR) is 83.8 cm³/mol. The molecule has 0 saturated carbocycles. The van der Waals surface area contributed by atoms with Crippen LogP contribution in [0.2, 0.25) is 0 Å². The molecule has 114 valence electrons. The molecule has 0 fully saturated rings. The van der Waals surface area contributed by atoms with Gasteiger partial charge in [0.2, 0.25) is 15.9 Å². The van der Waals surface area contributed by atoms with Crippen LogP contribution < -0.4 is 15.8 Å². The maximum Gasteiger partial charge on any atom is 0.229 e. The van der Waals surface area contributed by atoms with Gasteiger partial charge in [-0.15, -0.1) is 12.4 Å². The number of hydrogen-bond donors (Lipinski definition) is 3. The van der Waals surface area contributed by atoms with Crippen molar-refractivity contribution < 1.29 is 13.2 Å². The van der Waals surface area contributed by atoms with E-state index >= 15 is 0 Å². The second-order valence-corrected chi connectivity index (χ2v) is 6.38. The zero-order valence-corrected chi connectivity index (χ0v) is 13.3. The maximum atomic E-state index is 11.6. The van der Waals surface area contributed by atoms with Crippen molar-refractivity contribution in [2.24, 2.45) is 5.73 Å². The first-order valence-corrected chi connectivity index (χ1v) is 7.70. The largest absolute Gasteiger partial charge is 0.327 e. The summed E-state index contributed by atoms with van der Waals surface area (Å²) in [5.74, 6) is -0.204. The molecule has 8 heteroatoms. The SMILES string of the molecule is Cc1ccc(NC(=O)CC(C)N)cc1NS(C)(=O)=O.Cl. The van der Waals surface area contributed by atoms with E-state index in [0.29, 0.717) is 11.4 Å². The number of nitrogens with one attached hydrogen (secondary N) is 2. The first kappa shape index (κ1) is 18.7. The number of carbonyl (C=O) groups excluding carboxylic acids is 1. The van der Waals surface area contributed by atoms with E-state index in [4.69, 9.17) is 5.73 Å². The molecule has 0 aliphatic carbocycles. The molecule has 1 atom stereocenters. The highest BCUT2D eigenvalue weighted by molar-refractivity contribution is 7.92. The quantitative estimate of drug-likeness (QED) is 0.764. The van der Waals surface area contributed by atoms with Crippen LogP contribution >= 0.6 is 12.4 Å². The van der Waals surface area contributed by atoms with Crippen molar-refractivity contribution in [3.05, 3.63) is 23.8 Å². The Morgan fingerprint density at radius 3 is 2.50 bits per heavy atom. The summed E-state index contributed by atoms with van der Waals surface area (Å²) in [5.41, 5.74) is 7.28. The highest BCUT2D eigenvalue weighted by atomic mass is 35.5. The summed E-state index contributed by atoms with van der Waals surface area (Å²) in [6, 6.07) is 4.80. The van der Waals surface area contributed by atoms with Crippen LogP contribution in [0, 0.1) is 6.92 Å². The van der Waals surface area contributed by atoms with E-state index in [1.54, 1.807) is 32.0 Å². The number of rotatable bonds is 5. The van der Waals surface area contributed by atoms with Crippen molar-refractivity contribution in [2.45, 2.75) is 26.3 Å². The summed E-state index contributed by atoms with van der Waals surface area (Å²) in [6.07, 6.45) is 1.29. The number of halogens is 1. The minimum atomic E-state index is -3.35. The molecule has 1 unspecified atom stereocenters. The molecule has 4 N–H and O–H groups in total. The monoisotopic (exact) mass is 321 g/mol. The molecule has 0 heterocycles. The van der Waals surface area contributed by atoms with Crippen LogP contribution in [-0.2, 0) is 14.8 Å². The third-order valence-corrected chi connectivity index (χ3v) is 2.91. The lowest BCUT2D eigenvalue weighted by Gasteiger charge is -2.11. The standard InChI is InChI=1S/C12H19N3O3S.ClH/c1-8-4-5-10(14-12(16)6-9(2)13)7-11(8)15-19(3,17)18;/h4-5,7,9,15H,6,13H2,1-3H3,(H,14,16);1H. The van der Waals surface area contributed by atoms with Crippen LogP contribution in [0.4, 0.5) is 11.4 Å². The Hall–Kier alpha value is -1.31. The minimum absolute atomic E-state index is 0. The second kappa shape index (κ2) is 7.47. The lowest BCUT2D eigenvalue weighted by molar-refractivity contribution is -0.116. The fourth-order valence-corrected chi connectivity index (χ4v) is 2.13. The highest BCUT2D eigenvalue weighted by Crippen LogP contribution is 2.21. The molecule has 1 rings (SSSR count). The number of sulfonamides is 1. The van der Waals surface area contributed by atoms with Crippen LogP contribution in [0.3, 0.4) is 0 Å². The molecular weight excluding hydrogens is 302 g/mol. The molecule has 0 saturated heterocycles. The van der Waals surface area contributed by atoms with Crippen LogP contribution in [0.25, 0.3) is 0 Å². The maximum absolute atomic E-state index is 11.6. The molecule has 0 aliphatic heterocycles. The van der Waals surface area contributed by atoms with Crippen molar-refractivity contribution in [1.82, 2.24) is 0 Å². The third-order valence-electron chi connectivity index (χ3n) is 2.32. The van der Waals surface area contributed by atoms with Gasteiger partial charge in [0.1, 0.15) is 0 Å². The van der Waals surface area contributed by atoms with Gasteiger partial charge in [-0.1, -0.05) is 6.07 Å². The molecular formula is C12H20ClN3O3S. The van der Waals surface area contributed by atoms with Gasteiger partial charge < -0.3 is 11.1 Å². The lowest BCUT2D eigenvalue weighted by Crippen LogP contribution is -2.24. The number of carbonyl (C=O) groups is 1. The molecule has 0 aliphatic rings. The Bertz CT molecular complexity index is 573. The van der Waals surface area contributed by atoms with E-state index in [0.717, 1.165) is 11.8 Å². The van der Waals surface area contributed by atoms with Crippen molar-refractivity contribution >= 4 is 39.7 Å². The van der Waals surface area contributed by atoms with Gasteiger partial charge in [-0.05, 0) is 31.5 Å². The van der Waals surface area contributed by atoms with Gasteiger partial charge in [-0.25, -0.2) is 8.42 Å². The van der Waals surface area contributed by atoms with Crippen LogP contribution in [0.15, 0.2) is 18.2 Å². The van der Waals surface area contributed by atoms with Crippen LogP contribution in [0.5, 0.6) is 0 Å². The van der Waals surface area contributed by atoms with Gasteiger partial charge in [-0.2, -0.15) is 0 Å². The van der Waals surface area contributed by atoms with Gasteiger partial charge >= 0.3 is 0 Å². The Kier molecular flexibility index (Phi) is 6.98. The van der Waals surface area contributed by atoms with Gasteiger partial charge in [-0.3, -0.25) is 9.52 Å². The molecule has 20 heavy (non-hydrogen) atoms. The highest BCUT2D eigenvalue weighted by Gasteiger charge is 2.09. The van der Waals surface area contributed by atoms with Gasteiger partial charge in [0.25, 0.3) is 0 Å². The summed E-state index contributed by atoms with van der Waals surface area (Å²) < 4.78 is 24.8. The Labute approximate surface area is 125 Å². The second-order valence-electron chi connectivity index (χ2n) is 4.63. The number of amides is 1. The van der Waals surface area contributed by atoms with E-state index in [9.17, 15) is 13.2 Å². The zero-order chi connectivity index (χ0) is 14.6. The number of hydrogen-bond acceptors (Lipinski definition) is 4. The first-order valence-electron chi connectivity index (χ1n) is 5.81. The average molecular weight is 322 g/mol. The minimum Gasteiger partial charge on any atom is -0.327 e. The number of nitrogens with two attached hydrogens (primary N) is 1. The summed E-state index contributed by atoms with van der Waals surface area (Å²) in [4.78, 5) is 11.6. The van der Waals surface area contributed by atoms with Crippen molar-refractivity contribution in [1.29, 1.82) is 0 Å². The number of aryl methyl sites for hydroxylation is 1. The number of anilines is 2. The summed E-state index contributed by atoms with van der Waals surface area (Å²) >= 11 is 0. The summed E-state index contributed by atoms with van der Waals surface area (Å²) in [5, 5.41) is 2.67.